The Balaban J connectivity index is 1.54. The Kier molecular flexibility index (Phi) is 7.20. The number of carbonyl (C=O) groups is 1. The van der Waals surface area contributed by atoms with Gasteiger partial charge >= 0.3 is 6.09 Å². The van der Waals surface area contributed by atoms with Crippen molar-refractivity contribution in [1.82, 2.24) is 15.6 Å². The molecular weight excluding hydrogens is 374 g/mol. The Morgan fingerprint density at radius 1 is 0.867 bits per heavy atom. The van der Waals surface area contributed by atoms with Crippen LogP contribution in [0.1, 0.15) is 37.5 Å². The molecule has 0 bridgehead atoms. The van der Waals surface area contributed by atoms with Gasteiger partial charge in [-0.05, 0) is 60.7 Å². The van der Waals surface area contributed by atoms with Crippen LogP contribution in [-0.2, 0) is 24.4 Å². The molecule has 0 spiro atoms. The van der Waals surface area contributed by atoms with Crippen LogP contribution in [0.5, 0.6) is 0 Å². The summed E-state index contributed by atoms with van der Waals surface area (Å²) in [6.07, 6.45) is 3.25. The van der Waals surface area contributed by atoms with Gasteiger partial charge in [0.2, 0.25) is 0 Å². The van der Waals surface area contributed by atoms with Gasteiger partial charge < -0.3 is 15.4 Å². The number of carbonyl (C=O) groups excluding carboxylic acids is 1. The number of nitrogens with zero attached hydrogens (tertiary/aromatic N) is 1. The van der Waals surface area contributed by atoms with Gasteiger partial charge in [-0.25, -0.2) is 4.79 Å². The van der Waals surface area contributed by atoms with Crippen molar-refractivity contribution in [2.24, 2.45) is 0 Å². The predicted octanol–water partition coefficient (Wildman–Crippen LogP) is 5.06. The van der Waals surface area contributed by atoms with Crippen LogP contribution in [0.2, 0.25) is 0 Å². The zero-order chi connectivity index (χ0) is 21.4. The number of ether oxygens (including phenoxy) is 1. The molecule has 2 aromatic carbocycles. The summed E-state index contributed by atoms with van der Waals surface area (Å²) < 4.78 is 5.29. The van der Waals surface area contributed by atoms with Gasteiger partial charge in [-0.15, -0.1) is 0 Å². The monoisotopic (exact) mass is 403 g/mol. The van der Waals surface area contributed by atoms with E-state index in [0.717, 1.165) is 29.8 Å². The van der Waals surface area contributed by atoms with Gasteiger partial charge in [0.1, 0.15) is 5.60 Å². The fraction of sp³-hybridized carbons (Fsp3) is 0.280. The summed E-state index contributed by atoms with van der Waals surface area (Å²) in [4.78, 5) is 16.0. The van der Waals surface area contributed by atoms with Gasteiger partial charge in [-0.2, -0.15) is 0 Å². The Hall–Kier alpha value is -3.18. The van der Waals surface area contributed by atoms with E-state index in [4.69, 9.17) is 4.74 Å². The molecule has 30 heavy (non-hydrogen) atoms. The first-order valence-corrected chi connectivity index (χ1v) is 10.1. The number of aromatic nitrogens is 1. The van der Waals surface area contributed by atoms with Gasteiger partial charge in [0.15, 0.2) is 0 Å². The van der Waals surface area contributed by atoms with E-state index < -0.39 is 11.7 Å². The van der Waals surface area contributed by atoms with Crippen molar-refractivity contribution in [2.45, 2.75) is 46.0 Å². The van der Waals surface area contributed by atoms with Crippen LogP contribution in [0, 0.1) is 0 Å². The lowest BCUT2D eigenvalue weighted by atomic mass is 10.0. The van der Waals surface area contributed by atoms with Gasteiger partial charge in [0.25, 0.3) is 0 Å². The molecule has 0 aliphatic carbocycles. The van der Waals surface area contributed by atoms with Gasteiger partial charge in [-0.1, -0.05) is 48.5 Å². The Morgan fingerprint density at radius 3 is 2.30 bits per heavy atom. The minimum Gasteiger partial charge on any atom is -0.444 e. The van der Waals surface area contributed by atoms with Gasteiger partial charge in [0, 0.05) is 32.0 Å². The molecule has 1 heterocycles. The maximum absolute atomic E-state index is 11.9. The number of pyridine rings is 1. The quantitative estimate of drug-likeness (QED) is 0.579. The van der Waals surface area contributed by atoms with Crippen LogP contribution in [0.3, 0.4) is 0 Å². The molecule has 1 amide bonds. The molecule has 5 heteroatoms. The molecule has 0 radical (unpaired) electrons. The number of hydrogen-bond donors (Lipinski definition) is 2. The maximum atomic E-state index is 11.9. The highest BCUT2D eigenvalue weighted by Crippen LogP contribution is 2.21. The molecule has 0 aliphatic heterocycles. The van der Waals surface area contributed by atoms with Crippen molar-refractivity contribution in [2.75, 3.05) is 0 Å². The molecular formula is C25H29N3O2. The van der Waals surface area contributed by atoms with Crippen LogP contribution >= 0.6 is 0 Å². The third-order valence-electron chi connectivity index (χ3n) is 4.43. The summed E-state index contributed by atoms with van der Waals surface area (Å²) in [5.74, 6) is 0. The average Bonchev–Trinajstić information content (AvgIpc) is 2.73. The second kappa shape index (κ2) is 10.0. The van der Waals surface area contributed by atoms with E-state index in [-0.39, 0.29) is 0 Å². The third kappa shape index (κ3) is 7.01. The topological polar surface area (TPSA) is 63.2 Å². The number of amides is 1. The zero-order valence-corrected chi connectivity index (χ0v) is 17.8. The van der Waals surface area contributed by atoms with E-state index in [2.05, 4.69) is 58.1 Å². The average molecular weight is 404 g/mol. The van der Waals surface area contributed by atoms with E-state index in [1.165, 1.54) is 11.1 Å². The minimum atomic E-state index is -0.499. The van der Waals surface area contributed by atoms with Crippen LogP contribution in [0.4, 0.5) is 4.79 Å². The molecule has 0 saturated heterocycles. The van der Waals surface area contributed by atoms with E-state index >= 15 is 0 Å². The fourth-order valence-electron chi connectivity index (χ4n) is 3.02. The maximum Gasteiger partial charge on any atom is 0.407 e. The second-order valence-electron chi connectivity index (χ2n) is 8.22. The van der Waals surface area contributed by atoms with Crippen LogP contribution in [0.15, 0.2) is 73.1 Å². The number of hydrogen-bond acceptors (Lipinski definition) is 4. The molecule has 3 rings (SSSR count). The molecule has 156 valence electrons. The lowest BCUT2D eigenvalue weighted by Crippen LogP contribution is -2.32. The summed E-state index contributed by atoms with van der Waals surface area (Å²) in [6, 6.07) is 20.7. The SMILES string of the molecule is CC(C)(C)OC(=O)NCc1cccc(-c2ccc(CNCc3cccnc3)cc2)c1. The molecule has 0 unspecified atom stereocenters. The highest BCUT2D eigenvalue weighted by atomic mass is 16.6. The molecule has 0 aliphatic rings. The molecule has 1 aromatic heterocycles. The number of benzene rings is 2. The first-order chi connectivity index (χ1) is 14.4. The van der Waals surface area contributed by atoms with Crippen LogP contribution in [-0.4, -0.2) is 16.7 Å². The molecule has 0 atom stereocenters. The van der Waals surface area contributed by atoms with Crippen molar-refractivity contribution >= 4 is 6.09 Å². The first kappa shape index (κ1) is 21.5. The van der Waals surface area contributed by atoms with Crippen molar-refractivity contribution in [3.63, 3.8) is 0 Å². The summed E-state index contributed by atoms with van der Waals surface area (Å²) in [5.41, 5.74) is 5.19. The number of rotatable bonds is 7. The largest absolute Gasteiger partial charge is 0.444 e. The number of nitrogens with one attached hydrogen (secondary N) is 2. The Bertz CT molecular complexity index is 948. The standard InChI is InChI=1S/C25H29N3O2/c1-25(2,3)30-24(29)28-18-20-6-4-8-23(14-20)22-11-9-19(10-12-22)15-27-17-21-7-5-13-26-16-21/h4-14,16,27H,15,17-18H2,1-3H3,(H,28,29). The summed E-state index contributed by atoms with van der Waals surface area (Å²) in [6.45, 7) is 7.58. The summed E-state index contributed by atoms with van der Waals surface area (Å²) in [5, 5.41) is 6.24. The zero-order valence-electron chi connectivity index (χ0n) is 17.8. The molecule has 0 saturated carbocycles. The number of alkyl carbamates (subject to hydrolysis) is 1. The smallest absolute Gasteiger partial charge is 0.407 e. The summed E-state index contributed by atoms with van der Waals surface area (Å²) >= 11 is 0. The third-order valence-corrected chi connectivity index (χ3v) is 4.43. The van der Waals surface area contributed by atoms with Crippen molar-refractivity contribution < 1.29 is 9.53 Å². The first-order valence-electron chi connectivity index (χ1n) is 10.1. The van der Waals surface area contributed by atoms with E-state index in [1.54, 1.807) is 6.20 Å². The lowest BCUT2D eigenvalue weighted by Gasteiger charge is -2.19. The highest BCUT2D eigenvalue weighted by molar-refractivity contribution is 5.68. The minimum absolute atomic E-state index is 0.406. The van der Waals surface area contributed by atoms with Gasteiger partial charge in [0.05, 0.1) is 0 Å². The molecule has 0 fully saturated rings. The highest BCUT2D eigenvalue weighted by Gasteiger charge is 2.15. The Labute approximate surface area is 178 Å². The summed E-state index contributed by atoms with van der Waals surface area (Å²) in [7, 11) is 0. The fourth-order valence-corrected chi connectivity index (χ4v) is 3.02. The molecule has 2 N–H and O–H groups in total. The predicted molar refractivity (Wildman–Crippen MR) is 120 cm³/mol. The van der Waals surface area contributed by atoms with Gasteiger partial charge in [-0.3, -0.25) is 4.98 Å². The van der Waals surface area contributed by atoms with Crippen LogP contribution in [0.25, 0.3) is 11.1 Å². The molecule has 5 nitrogen and oxygen atoms in total. The normalized spacial score (nSPS) is 11.2. The molecule has 3 aromatic rings. The van der Waals surface area contributed by atoms with Crippen LogP contribution < -0.4 is 10.6 Å². The second-order valence-corrected chi connectivity index (χ2v) is 8.22. The van der Waals surface area contributed by atoms with Crippen molar-refractivity contribution in [3.05, 3.63) is 89.7 Å². The van der Waals surface area contributed by atoms with E-state index in [9.17, 15) is 4.79 Å². The van der Waals surface area contributed by atoms with Crippen molar-refractivity contribution in [3.8, 4) is 11.1 Å². The van der Waals surface area contributed by atoms with E-state index in [0.29, 0.717) is 6.54 Å². The lowest BCUT2D eigenvalue weighted by molar-refractivity contribution is 0.0523. The Morgan fingerprint density at radius 2 is 1.60 bits per heavy atom. The van der Waals surface area contributed by atoms with E-state index in [1.807, 2.05) is 45.2 Å². The van der Waals surface area contributed by atoms with Crippen molar-refractivity contribution in [1.29, 1.82) is 0 Å².